The first-order chi connectivity index (χ1) is 18.5. The van der Waals surface area contributed by atoms with Crippen molar-refractivity contribution in [1.82, 2.24) is 19.0 Å². The number of aryl methyl sites for hydroxylation is 1. The number of imidazole rings is 1. The van der Waals surface area contributed by atoms with Crippen LogP contribution in [0.4, 0.5) is 0 Å². The van der Waals surface area contributed by atoms with Crippen molar-refractivity contribution in [3.63, 3.8) is 0 Å². The van der Waals surface area contributed by atoms with Crippen molar-refractivity contribution < 1.29 is 14.3 Å². The van der Waals surface area contributed by atoms with Gasteiger partial charge in [-0.25, -0.2) is 4.98 Å². The van der Waals surface area contributed by atoms with E-state index in [-0.39, 0.29) is 18.3 Å². The molecule has 4 heterocycles. The minimum Gasteiger partial charge on any atom is -0.353 e. The molecule has 2 fully saturated rings. The monoisotopic (exact) mass is 512 g/mol. The van der Waals surface area contributed by atoms with E-state index in [1.807, 2.05) is 17.9 Å². The van der Waals surface area contributed by atoms with E-state index >= 15 is 0 Å². The largest absolute Gasteiger partial charge is 0.353 e. The van der Waals surface area contributed by atoms with Crippen molar-refractivity contribution in [2.75, 3.05) is 19.7 Å². The lowest BCUT2D eigenvalue weighted by molar-refractivity contribution is -0.186. The Morgan fingerprint density at radius 2 is 1.97 bits per heavy atom. The third-order valence-electron chi connectivity index (χ3n) is 8.45. The number of hydrogen-bond acceptors (Lipinski definition) is 4. The fourth-order valence-corrected chi connectivity index (χ4v) is 6.20. The Labute approximate surface area is 223 Å². The molecule has 1 aliphatic carbocycles. The molecule has 1 saturated carbocycles. The van der Waals surface area contributed by atoms with Gasteiger partial charge < -0.3 is 23.5 Å². The highest BCUT2D eigenvalue weighted by atomic mass is 16.7. The Kier molecular flexibility index (Phi) is 6.01. The predicted molar refractivity (Wildman–Crippen MR) is 148 cm³/mol. The Morgan fingerprint density at radius 3 is 2.79 bits per heavy atom. The van der Waals surface area contributed by atoms with E-state index in [1.165, 1.54) is 23.7 Å². The molecule has 0 N–H and O–H groups in total. The lowest BCUT2D eigenvalue weighted by Gasteiger charge is -2.32. The first-order valence-electron chi connectivity index (χ1n) is 14.2. The van der Waals surface area contributed by atoms with Crippen LogP contribution in [0.15, 0.2) is 42.5 Å². The standard InChI is InChI=1S/C31H36N4O3/c1-20(38-29-9-5-6-14-37-29)18-34-13-12-22-15-27-25(17-24(22)31(34)36)32-30(33(27)2)28-16-23-7-3-4-8-26(23)35(28)19-21-10-11-21/h3-4,7-8,15-17,20-21,29H,5-6,9-14,18-19H2,1-2H3/t20-,29?/m1/s1. The highest BCUT2D eigenvalue weighted by Crippen LogP contribution is 2.37. The average molecular weight is 513 g/mol. The summed E-state index contributed by atoms with van der Waals surface area (Å²) >= 11 is 0. The molecule has 1 saturated heterocycles. The van der Waals surface area contributed by atoms with Crippen LogP contribution < -0.4 is 0 Å². The second kappa shape index (κ2) is 9.54. The van der Waals surface area contributed by atoms with Gasteiger partial charge >= 0.3 is 0 Å². The number of hydrogen-bond donors (Lipinski definition) is 0. The van der Waals surface area contributed by atoms with Crippen LogP contribution in [0.25, 0.3) is 33.5 Å². The van der Waals surface area contributed by atoms with Gasteiger partial charge in [0.05, 0.1) is 22.8 Å². The summed E-state index contributed by atoms with van der Waals surface area (Å²) in [6.07, 6.45) is 6.40. The molecule has 4 aromatic rings. The van der Waals surface area contributed by atoms with Crippen LogP contribution in [0.2, 0.25) is 0 Å². The second-order valence-electron chi connectivity index (χ2n) is 11.4. The highest BCUT2D eigenvalue weighted by Gasteiger charge is 2.29. The number of fused-ring (bicyclic) bond motifs is 3. The van der Waals surface area contributed by atoms with Crippen molar-refractivity contribution in [2.24, 2.45) is 13.0 Å². The molecule has 7 rings (SSSR count). The van der Waals surface area contributed by atoms with Gasteiger partial charge in [0, 0.05) is 49.8 Å². The Morgan fingerprint density at radius 1 is 1.11 bits per heavy atom. The van der Waals surface area contributed by atoms with Gasteiger partial charge in [0.1, 0.15) is 0 Å². The molecular weight excluding hydrogens is 476 g/mol. The zero-order valence-electron chi connectivity index (χ0n) is 22.4. The number of carbonyl (C=O) groups excluding carboxylic acids is 1. The normalized spacial score (nSPS) is 20.8. The van der Waals surface area contributed by atoms with Gasteiger partial charge in [0.25, 0.3) is 5.91 Å². The quantitative estimate of drug-likeness (QED) is 0.326. The molecule has 0 bridgehead atoms. The van der Waals surface area contributed by atoms with Crippen LogP contribution in [0, 0.1) is 5.92 Å². The van der Waals surface area contributed by atoms with Gasteiger partial charge in [0.2, 0.25) is 0 Å². The van der Waals surface area contributed by atoms with Crippen LogP contribution in [0.5, 0.6) is 0 Å². The number of para-hydroxylation sites is 1. The van der Waals surface area contributed by atoms with E-state index < -0.39 is 0 Å². The fourth-order valence-electron chi connectivity index (χ4n) is 6.20. The van der Waals surface area contributed by atoms with E-state index in [1.54, 1.807) is 0 Å². The summed E-state index contributed by atoms with van der Waals surface area (Å²) in [4.78, 5) is 20.6. The molecular formula is C31H36N4O3. The maximum atomic E-state index is 13.6. The summed E-state index contributed by atoms with van der Waals surface area (Å²) in [6, 6.07) is 15.1. The maximum absolute atomic E-state index is 13.6. The third-order valence-corrected chi connectivity index (χ3v) is 8.45. The number of benzene rings is 2. The molecule has 0 spiro atoms. The van der Waals surface area contributed by atoms with Crippen molar-refractivity contribution in [2.45, 2.75) is 64.4 Å². The average Bonchev–Trinajstić information content (AvgIpc) is 3.60. The van der Waals surface area contributed by atoms with E-state index in [9.17, 15) is 4.79 Å². The zero-order valence-corrected chi connectivity index (χ0v) is 22.4. The molecule has 2 aromatic heterocycles. The Hall–Kier alpha value is -3.16. The Bertz CT molecular complexity index is 1510. The second-order valence-corrected chi connectivity index (χ2v) is 11.4. The first kappa shape index (κ1) is 23.9. The van der Waals surface area contributed by atoms with E-state index in [0.29, 0.717) is 13.1 Å². The number of ether oxygens (including phenoxy) is 2. The van der Waals surface area contributed by atoms with Gasteiger partial charge in [-0.3, -0.25) is 4.79 Å². The highest BCUT2D eigenvalue weighted by molar-refractivity contribution is 6.00. The molecule has 1 unspecified atom stereocenters. The topological polar surface area (TPSA) is 61.5 Å². The lowest BCUT2D eigenvalue weighted by Crippen LogP contribution is -2.43. The summed E-state index contributed by atoms with van der Waals surface area (Å²) in [6.45, 7) is 5.11. The number of amides is 1. The third kappa shape index (κ3) is 4.31. The van der Waals surface area contributed by atoms with Gasteiger partial charge in [-0.15, -0.1) is 0 Å². The fraction of sp³-hybridized carbons (Fsp3) is 0.484. The van der Waals surface area contributed by atoms with Crippen molar-refractivity contribution in [3.05, 3.63) is 53.6 Å². The first-order valence-corrected chi connectivity index (χ1v) is 14.2. The maximum Gasteiger partial charge on any atom is 0.254 e. The molecule has 2 atom stereocenters. The molecule has 198 valence electrons. The van der Waals surface area contributed by atoms with Gasteiger partial charge in [-0.1, -0.05) is 18.2 Å². The number of rotatable bonds is 7. The van der Waals surface area contributed by atoms with E-state index in [0.717, 1.165) is 78.4 Å². The van der Waals surface area contributed by atoms with Crippen LogP contribution in [-0.4, -0.2) is 57.0 Å². The van der Waals surface area contributed by atoms with Crippen molar-refractivity contribution in [3.8, 4) is 11.5 Å². The molecule has 7 nitrogen and oxygen atoms in total. The van der Waals surface area contributed by atoms with Gasteiger partial charge in [-0.05, 0) is 81.2 Å². The molecule has 0 radical (unpaired) electrons. The SMILES string of the molecule is C[C@H](CN1CCc2cc3c(cc2C1=O)nc(-c1cc2ccccc2n1CC1CC1)n3C)OC1CCCCO1. The molecule has 38 heavy (non-hydrogen) atoms. The Balaban J connectivity index is 1.19. The summed E-state index contributed by atoms with van der Waals surface area (Å²) < 4.78 is 16.5. The molecule has 2 aliphatic heterocycles. The van der Waals surface area contributed by atoms with E-state index in [4.69, 9.17) is 14.5 Å². The summed E-state index contributed by atoms with van der Waals surface area (Å²) in [5, 5.41) is 1.25. The van der Waals surface area contributed by atoms with Crippen LogP contribution in [0.3, 0.4) is 0 Å². The van der Waals surface area contributed by atoms with Gasteiger partial charge in [-0.2, -0.15) is 0 Å². The zero-order chi connectivity index (χ0) is 25.8. The predicted octanol–water partition coefficient (Wildman–Crippen LogP) is 5.54. The van der Waals surface area contributed by atoms with Crippen LogP contribution >= 0.6 is 0 Å². The number of carbonyl (C=O) groups is 1. The van der Waals surface area contributed by atoms with Gasteiger partial charge in [0.15, 0.2) is 12.1 Å². The van der Waals surface area contributed by atoms with Crippen molar-refractivity contribution in [1.29, 1.82) is 0 Å². The van der Waals surface area contributed by atoms with Crippen LogP contribution in [-0.2, 0) is 29.5 Å². The molecule has 7 heteroatoms. The lowest BCUT2D eigenvalue weighted by atomic mass is 9.98. The number of aromatic nitrogens is 3. The summed E-state index contributed by atoms with van der Waals surface area (Å²) in [5.74, 6) is 1.78. The van der Waals surface area contributed by atoms with Crippen molar-refractivity contribution >= 4 is 27.8 Å². The molecule has 1 amide bonds. The smallest absolute Gasteiger partial charge is 0.254 e. The minimum absolute atomic E-state index is 0.0674. The number of nitrogens with zero attached hydrogens (tertiary/aromatic N) is 4. The summed E-state index contributed by atoms with van der Waals surface area (Å²) in [7, 11) is 2.10. The molecule has 2 aromatic carbocycles. The summed E-state index contributed by atoms with van der Waals surface area (Å²) in [5.41, 5.74) is 6.25. The van der Waals surface area contributed by atoms with Crippen LogP contribution in [0.1, 0.15) is 54.9 Å². The van der Waals surface area contributed by atoms with E-state index in [2.05, 4.69) is 52.6 Å². The minimum atomic E-state index is -0.145. The molecule has 3 aliphatic rings.